The molecule has 3 aromatic rings. The summed E-state index contributed by atoms with van der Waals surface area (Å²) in [6, 6.07) is 30.3. The second-order valence-corrected chi connectivity index (χ2v) is 9.27. The standard InChI is InChI=1S/C30H35NO3/c1-22(2)20-27(28(32)21-23(3)29(33)34-4)31-30(24-14-8-5-9-15-24,25-16-10-6-11-17-25)26-18-12-7-13-19-26/h5-19,22-23,27,31H,20-21H2,1-4H3/t23-,27+/m1/s1. The van der Waals surface area contributed by atoms with Crippen LogP contribution in [0.1, 0.15) is 50.3 Å². The zero-order valence-electron chi connectivity index (χ0n) is 20.5. The third-order valence-electron chi connectivity index (χ3n) is 6.22. The normalized spacial score (nSPS) is 13.3. The fourth-order valence-electron chi connectivity index (χ4n) is 4.55. The number of hydrogen-bond donors (Lipinski definition) is 1. The zero-order chi connectivity index (χ0) is 24.6. The molecule has 0 aliphatic rings. The number of hydrogen-bond acceptors (Lipinski definition) is 4. The van der Waals surface area contributed by atoms with Gasteiger partial charge in [0.2, 0.25) is 0 Å². The summed E-state index contributed by atoms with van der Waals surface area (Å²) in [7, 11) is 1.36. The molecule has 34 heavy (non-hydrogen) atoms. The lowest BCUT2D eigenvalue weighted by molar-refractivity contribution is -0.146. The first-order chi connectivity index (χ1) is 16.4. The number of benzene rings is 3. The van der Waals surface area contributed by atoms with Gasteiger partial charge < -0.3 is 4.74 Å². The zero-order valence-corrected chi connectivity index (χ0v) is 20.5. The lowest BCUT2D eigenvalue weighted by Crippen LogP contribution is -2.53. The van der Waals surface area contributed by atoms with Crippen LogP contribution in [0.25, 0.3) is 0 Å². The number of ketones is 1. The Balaban J connectivity index is 2.16. The summed E-state index contributed by atoms with van der Waals surface area (Å²) in [5.41, 5.74) is 2.41. The topological polar surface area (TPSA) is 55.4 Å². The number of Topliss-reactive ketones (excluding diaryl/α,β-unsaturated/α-hetero) is 1. The maximum absolute atomic E-state index is 13.6. The molecule has 1 N–H and O–H groups in total. The van der Waals surface area contributed by atoms with Gasteiger partial charge in [0, 0.05) is 6.42 Å². The molecule has 0 fully saturated rings. The molecule has 0 bridgehead atoms. The largest absolute Gasteiger partial charge is 0.469 e. The molecule has 0 spiro atoms. The van der Waals surface area contributed by atoms with Crippen molar-refractivity contribution < 1.29 is 14.3 Å². The predicted octanol–water partition coefficient (Wildman–Crippen LogP) is 5.75. The molecule has 4 nitrogen and oxygen atoms in total. The highest BCUT2D eigenvalue weighted by atomic mass is 16.5. The van der Waals surface area contributed by atoms with Crippen molar-refractivity contribution in [3.63, 3.8) is 0 Å². The van der Waals surface area contributed by atoms with Crippen molar-refractivity contribution in [3.8, 4) is 0 Å². The number of nitrogens with one attached hydrogen (secondary N) is 1. The van der Waals surface area contributed by atoms with Crippen LogP contribution in [0.5, 0.6) is 0 Å². The lowest BCUT2D eigenvalue weighted by Gasteiger charge is -2.40. The highest BCUT2D eigenvalue weighted by Gasteiger charge is 2.40. The first-order valence-electron chi connectivity index (χ1n) is 11.9. The van der Waals surface area contributed by atoms with Crippen molar-refractivity contribution in [1.82, 2.24) is 5.32 Å². The second-order valence-electron chi connectivity index (χ2n) is 9.27. The van der Waals surface area contributed by atoms with Crippen LogP contribution in [0.3, 0.4) is 0 Å². The van der Waals surface area contributed by atoms with Crippen LogP contribution in [-0.4, -0.2) is 24.9 Å². The summed E-state index contributed by atoms with van der Waals surface area (Å²) >= 11 is 0. The lowest BCUT2D eigenvalue weighted by atomic mass is 9.75. The Bertz CT molecular complexity index is 952. The number of methoxy groups -OCH3 is 1. The van der Waals surface area contributed by atoms with Crippen LogP contribution in [0.2, 0.25) is 0 Å². The third kappa shape index (κ3) is 5.81. The summed E-state index contributed by atoms with van der Waals surface area (Å²) in [4.78, 5) is 25.7. The summed E-state index contributed by atoms with van der Waals surface area (Å²) in [5.74, 6) is -0.556. The molecule has 0 heterocycles. The van der Waals surface area contributed by atoms with Gasteiger partial charge in [-0.05, 0) is 29.0 Å². The van der Waals surface area contributed by atoms with Gasteiger partial charge in [0.25, 0.3) is 0 Å². The molecule has 0 saturated heterocycles. The van der Waals surface area contributed by atoms with Gasteiger partial charge in [-0.15, -0.1) is 0 Å². The van der Waals surface area contributed by atoms with Gasteiger partial charge in [-0.2, -0.15) is 0 Å². The predicted molar refractivity (Wildman–Crippen MR) is 136 cm³/mol. The van der Waals surface area contributed by atoms with E-state index in [1.54, 1.807) is 6.92 Å². The smallest absolute Gasteiger partial charge is 0.308 e. The maximum Gasteiger partial charge on any atom is 0.308 e. The number of carbonyl (C=O) groups is 2. The molecule has 0 unspecified atom stereocenters. The molecular formula is C30H35NO3. The highest BCUT2D eigenvalue weighted by Crippen LogP contribution is 2.38. The van der Waals surface area contributed by atoms with Gasteiger partial charge >= 0.3 is 5.97 Å². The van der Waals surface area contributed by atoms with Crippen LogP contribution < -0.4 is 5.32 Å². The minimum Gasteiger partial charge on any atom is -0.469 e. The third-order valence-corrected chi connectivity index (χ3v) is 6.22. The average Bonchev–Trinajstić information content (AvgIpc) is 2.87. The Labute approximate surface area is 203 Å². The molecule has 0 aliphatic carbocycles. The van der Waals surface area contributed by atoms with E-state index < -0.39 is 17.5 Å². The molecule has 0 amide bonds. The van der Waals surface area contributed by atoms with Crippen molar-refractivity contribution in [2.24, 2.45) is 11.8 Å². The Hall–Kier alpha value is -3.24. The molecule has 0 saturated carbocycles. The van der Waals surface area contributed by atoms with Crippen molar-refractivity contribution >= 4 is 11.8 Å². The molecular weight excluding hydrogens is 422 g/mol. The van der Waals surface area contributed by atoms with Gasteiger partial charge in [-0.25, -0.2) is 0 Å². The van der Waals surface area contributed by atoms with E-state index in [2.05, 4.69) is 55.6 Å². The molecule has 3 aromatic carbocycles. The van der Waals surface area contributed by atoms with E-state index in [1.807, 2.05) is 54.6 Å². The monoisotopic (exact) mass is 457 g/mol. The minimum atomic E-state index is -0.743. The quantitative estimate of drug-likeness (QED) is 0.294. The van der Waals surface area contributed by atoms with E-state index in [1.165, 1.54) is 7.11 Å². The number of rotatable bonds is 11. The SMILES string of the molecule is COC(=O)[C@H](C)CC(=O)[C@H](CC(C)C)NC(c1ccccc1)(c1ccccc1)c1ccccc1. The molecule has 0 aliphatic heterocycles. The molecule has 2 atom stereocenters. The van der Waals surface area contributed by atoms with Crippen molar-refractivity contribution in [1.29, 1.82) is 0 Å². The first-order valence-corrected chi connectivity index (χ1v) is 11.9. The summed E-state index contributed by atoms with van der Waals surface area (Å²) in [5, 5.41) is 3.81. The highest BCUT2D eigenvalue weighted by molar-refractivity contribution is 5.88. The van der Waals surface area contributed by atoms with Crippen LogP contribution in [0, 0.1) is 11.8 Å². The second kappa shape index (κ2) is 11.8. The van der Waals surface area contributed by atoms with E-state index in [-0.39, 0.29) is 24.1 Å². The fourth-order valence-corrected chi connectivity index (χ4v) is 4.55. The fraction of sp³-hybridized carbons (Fsp3) is 0.333. The van der Waals surface area contributed by atoms with E-state index in [0.29, 0.717) is 6.42 Å². The Morgan fingerprint density at radius 1 is 0.765 bits per heavy atom. The van der Waals surface area contributed by atoms with Gasteiger partial charge in [-0.1, -0.05) is 112 Å². The van der Waals surface area contributed by atoms with E-state index in [9.17, 15) is 9.59 Å². The molecule has 4 heteroatoms. The number of ether oxygens (including phenoxy) is 1. The molecule has 3 rings (SSSR count). The molecule has 178 valence electrons. The van der Waals surface area contributed by atoms with Crippen LogP contribution in [0.15, 0.2) is 91.0 Å². The van der Waals surface area contributed by atoms with Crippen molar-refractivity contribution in [2.75, 3.05) is 7.11 Å². The van der Waals surface area contributed by atoms with Gasteiger partial charge in [0.15, 0.2) is 5.78 Å². The van der Waals surface area contributed by atoms with Crippen LogP contribution >= 0.6 is 0 Å². The number of carbonyl (C=O) groups excluding carboxylic acids is 2. The van der Waals surface area contributed by atoms with Crippen molar-refractivity contribution in [3.05, 3.63) is 108 Å². The summed E-state index contributed by atoms with van der Waals surface area (Å²) in [6.07, 6.45) is 0.784. The Morgan fingerprint density at radius 3 is 1.53 bits per heavy atom. The molecule has 0 aromatic heterocycles. The minimum absolute atomic E-state index is 0.0127. The van der Waals surface area contributed by atoms with Gasteiger partial charge in [0.05, 0.1) is 24.6 Å². The van der Waals surface area contributed by atoms with E-state index in [4.69, 9.17) is 4.74 Å². The van der Waals surface area contributed by atoms with Crippen LogP contribution in [0.4, 0.5) is 0 Å². The number of esters is 1. The molecule has 0 radical (unpaired) electrons. The van der Waals surface area contributed by atoms with Gasteiger partial charge in [0.1, 0.15) is 0 Å². The van der Waals surface area contributed by atoms with Crippen molar-refractivity contribution in [2.45, 2.75) is 45.2 Å². The van der Waals surface area contributed by atoms with E-state index in [0.717, 1.165) is 16.7 Å². The maximum atomic E-state index is 13.6. The Kier molecular flexibility index (Phi) is 8.78. The summed E-state index contributed by atoms with van der Waals surface area (Å²) in [6.45, 7) is 5.97. The van der Waals surface area contributed by atoms with Crippen LogP contribution in [-0.2, 0) is 19.9 Å². The Morgan fingerprint density at radius 2 is 1.18 bits per heavy atom. The van der Waals surface area contributed by atoms with E-state index >= 15 is 0 Å². The van der Waals surface area contributed by atoms with Gasteiger partial charge in [-0.3, -0.25) is 14.9 Å². The average molecular weight is 458 g/mol. The summed E-state index contributed by atoms with van der Waals surface area (Å²) < 4.78 is 4.87. The first kappa shape index (κ1) is 25.4.